The van der Waals surface area contributed by atoms with Gasteiger partial charge in [-0.3, -0.25) is 14.2 Å². The van der Waals surface area contributed by atoms with Gasteiger partial charge in [-0.05, 0) is 30.7 Å². The first-order valence-corrected chi connectivity index (χ1v) is 9.51. The van der Waals surface area contributed by atoms with Crippen LogP contribution in [-0.2, 0) is 11.3 Å². The molecule has 1 amide bonds. The van der Waals surface area contributed by atoms with Gasteiger partial charge in [-0.2, -0.15) is 0 Å². The monoisotopic (exact) mass is 365 g/mol. The molecule has 1 atom stereocenters. The van der Waals surface area contributed by atoms with Crippen molar-refractivity contribution in [1.82, 2.24) is 9.55 Å². The molecular weight excluding hydrogens is 346 g/mol. The van der Waals surface area contributed by atoms with Crippen LogP contribution in [0.3, 0.4) is 0 Å². The van der Waals surface area contributed by atoms with Gasteiger partial charge in [0.25, 0.3) is 5.56 Å². The van der Waals surface area contributed by atoms with Crippen LogP contribution in [-0.4, -0.2) is 27.3 Å². The van der Waals surface area contributed by atoms with E-state index < -0.39 is 0 Å². The van der Waals surface area contributed by atoms with Gasteiger partial charge in [-0.1, -0.05) is 31.2 Å². The molecule has 0 aliphatic carbocycles. The number of nitrogens with zero attached hydrogens (tertiary/aromatic N) is 3. The molecule has 0 saturated carbocycles. The van der Waals surface area contributed by atoms with Crippen molar-refractivity contribution in [2.75, 3.05) is 11.4 Å². The first-order valence-electron chi connectivity index (χ1n) is 8.64. The fourth-order valence-electron chi connectivity index (χ4n) is 3.20. The highest BCUT2D eigenvalue weighted by Crippen LogP contribution is 2.37. The van der Waals surface area contributed by atoms with Crippen LogP contribution in [0.5, 0.6) is 0 Å². The lowest BCUT2D eigenvalue weighted by atomic mass is 10.2. The molecule has 2 heterocycles. The van der Waals surface area contributed by atoms with Gasteiger partial charge in [-0.25, -0.2) is 4.98 Å². The third-order valence-corrected chi connectivity index (χ3v) is 5.82. The van der Waals surface area contributed by atoms with Crippen LogP contribution in [0.4, 0.5) is 5.69 Å². The second-order valence-electron chi connectivity index (χ2n) is 6.43. The normalized spacial score (nSPS) is 17.0. The van der Waals surface area contributed by atoms with Crippen LogP contribution in [0.25, 0.3) is 10.9 Å². The molecule has 4 rings (SSSR count). The lowest BCUT2D eigenvalue weighted by molar-refractivity contribution is -0.119. The molecule has 3 aromatic rings. The fraction of sp³-hybridized carbons (Fsp3) is 0.250. The second-order valence-corrected chi connectivity index (χ2v) is 7.91. The maximum atomic E-state index is 13.0. The minimum Gasteiger partial charge on any atom is -0.310 e. The van der Waals surface area contributed by atoms with Crippen LogP contribution < -0.4 is 10.5 Å². The van der Waals surface area contributed by atoms with Crippen molar-refractivity contribution < 1.29 is 4.79 Å². The lowest BCUT2D eigenvalue weighted by Gasteiger charge is -2.23. The largest absolute Gasteiger partial charge is 0.310 e. The van der Waals surface area contributed by atoms with Gasteiger partial charge in [0.1, 0.15) is 6.54 Å². The van der Waals surface area contributed by atoms with E-state index >= 15 is 0 Å². The van der Waals surface area contributed by atoms with Gasteiger partial charge in [0.15, 0.2) is 0 Å². The van der Waals surface area contributed by atoms with Crippen molar-refractivity contribution in [3.05, 3.63) is 65.2 Å². The van der Waals surface area contributed by atoms with Gasteiger partial charge >= 0.3 is 0 Å². The smallest absolute Gasteiger partial charge is 0.261 e. The molecular formula is C20H19N3O2S. The average Bonchev–Trinajstić information content (AvgIpc) is 2.82. The SMILES string of the molecule is CC1CCN(C(=O)Cn2cnc3ccccc3c2=O)c2ccccc2S1. The maximum absolute atomic E-state index is 13.0. The first kappa shape index (κ1) is 16.8. The molecule has 0 saturated heterocycles. The molecule has 1 unspecified atom stereocenters. The molecule has 2 aromatic carbocycles. The fourth-order valence-corrected chi connectivity index (χ4v) is 4.31. The summed E-state index contributed by atoms with van der Waals surface area (Å²) in [5, 5.41) is 0.974. The Bertz CT molecular complexity index is 1030. The molecule has 26 heavy (non-hydrogen) atoms. The van der Waals surface area contributed by atoms with Crippen LogP contribution in [0.15, 0.2) is 64.5 Å². The molecule has 5 nitrogen and oxygen atoms in total. The number of carbonyl (C=O) groups excluding carboxylic acids is 1. The number of aromatic nitrogens is 2. The van der Waals surface area contributed by atoms with Crippen LogP contribution in [0, 0.1) is 0 Å². The van der Waals surface area contributed by atoms with Crippen molar-refractivity contribution in [2.24, 2.45) is 0 Å². The number of para-hydroxylation sites is 2. The maximum Gasteiger partial charge on any atom is 0.261 e. The third-order valence-electron chi connectivity index (χ3n) is 4.58. The Morgan fingerprint density at radius 2 is 1.96 bits per heavy atom. The summed E-state index contributed by atoms with van der Waals surface area (Å²) in [6.07, 6.45) is 2.37. The number of fused-ring (bicyclic) bond motifs is 2. The number of hydrogen-bond donors (Lipinski definition) is 0. The topological polar surface area (TPSA) is 55.2 Å². The summed E-state index contributed by atoms with van der Waals surface area (Å²) in [5.41, 5.74) is 1.38. The van der Waals surface area contributed by atoms with Crippen molar-refractivity contribution in [3.63, 3.8) is 0 Å². The Balaban J connectivity index is 1.67. The predicted molar refractivity (Wildman–Crippen MR) is 105 cm³/mol. The van der Waals surface area contributed by atoms with Crippen LogP contribution in [0.2, 0.25) is 0 Å². The summed E-state index contributed by atoms with van der Waals surface area (Å²) in [5.74, 6) is -0.0914. The Labute approximate surface area is 155 Å². The number of thioether (sulfide) groups is 1. The highest BCUT2D eigenvalue weighted by Gasteiger charge is 2.24. The number of amides is 1. The van der Waals surface area contributed by atoms with E-state index in [0.717, 1.165) is 17.0 Å². The number of rotatable bonds is 2. The molecule has 0 bridgehead atoms. The van der Waals surface area contributed by atoms with Crippen molar-refractivity contribution >= 4 is 34.3 Å². The molecule has 6 heteroatoms. The number of benzene rings is 2. The van der Waals surface area contributed by atoms with Gasteiger partial charge < -0.3 is 4.90 Å². The molecule has 1 aliphatic rings. The zero-order valence-electron chi connectivity index (χ0n) is 14.5. The van der Waals surface area contributed by atoms with E-state index in [2.05, 4.69) is 11.9 Å². The summed E-state index contributed by atoms with van der Waals surface area (Å²) < 4.78 is 1.40. The van der Waals surface area contributed by atoms with Crippen LogP contribution in [0.1, 0.15) is 13.3 Å². The minimum absolute atomic E-state index is 0.00987. The van der Waals surface area contributed by atoms with Gasteiger partial charge in [0.2, 0.25) is 5.91 Å². The zero-order chi connectivity index (χ0) is 18.1. The van der Waals surface area contributed by atoms with E-state index in [-0.39, 0.29) is 18.0 Å². The van der Waals surface area contributed by atoms with Crippen molar-refractivity contribution in [1.29, 1.82) is 0 Å². The number of anilines is 1. The first-order chi connectivity index (χ1) is 12.6. The molecule has 132 valence electrons. The second kappa shape index (κ2) is 6.96. The van der Waals surface area contributed by atoms with E-state index in [9.17, 15) is 9.59 Å². The van der Waals surface area contributed by atoms with Gasteiger partial charge in [-0.15, -0.1) is 11.8 Å². The minimum atomic E-state index is -0.185. The summed E-state index contributed by atoms with van der Waals surface area (Å²) in [6, 6.07) is 15.1. The Morgan fingerprint density at radius 1 is 1.19 bits per heavy atom. The molecule has 0 N–H and O–H groups in total. The molecule has 0 fully saturated rings. The lowest BCUT2D eigenvalue weighted by Crippen LogP contribution is -2.37. The standard InChI is InChI=1S/C20H19N3O2S/c1-14-10-11-23(17-8-4-5-9-18(17)26-14)19(24)12-22-13-21-16-7-3-2-6-15(16)20(22)25/h2-9,13-14H,10-12H2,1H3. The van der Waals surface area contributed by atoms with Crippen molar-refractivity contribution in [3.8, 4) is 0 Å². The van der Waals surface area contributed by atoms with Gasteiger partial charge in [0, 0.05) is 16.7 Å². The molecule has 1 aromatic heterocycles. The Morgan fingerprint density at radius 3 is 2.85 bits per heavy atom. The van der Waals surface area contributed by atoms with E-state index in [0.29, 0.717) is 22.7 Å². The average molecular weight is 365 g/mol. The molecule has 0 spiro atoms. The zero-order valence-corrected chi connectivity index (χ0v) is 15.3. The van der Waals surface area contributed by atoms with Gasteiger partial charge in [0.05, 0.1) is 22.9 Å². The highest BCUT2D eigenvalue weighted by atomic mass is 32.2. The van der Waals surface area contributed by atoms with Crippen LogP contribution >= 0.6 is 11.8 Å². The highest BCUT2D eigenvalue weighted by molar-refractivity contribution is 8.00. The number of hydrogen-bond acceptors (Lipinski definition) is 4. The molecule has 1 aliphatic heterocycles. The predicted octanol–water partition coefficient (Wildman–Crippen LogP) is 3.31. The summed E-state index contributed by atoms with van der Waals surface area (Å²) in [6.45, 7) is 2.82. The Kier molecular flexibility index (Phi) is 4.51. The summed E-state index contributed by atoms with van der Waals surface area (Å²) in [7, 11) is 0. The Hall–Kier alpha value is -2.60. The van der Waals surface area contributed by atoms with Crippen molar-refractivity contribution in [2.45, 2.75) is 30.0 Å². The summed E-state index contributed by atoms with van der Waals surface area (Å²) in [4.78, 5) is 32.9. The molecule has 0 radical (unpaired) electrons. The number of carbonyl (C=O) groups is 1. The quantitative estimate of drug-likeness (QED) is 0.699. The summed E-state index contributed by atoms with van der Waals surface area (Å²) >= 11 is 1.79. The van der Waals surface area contributed by atoms with E-state index in [4.69, 9.17) is 0 Å². The van der Waals surface area contributed by atoms with E-state index in [1.807, 2.05) is 30.3 Å². The third kappa shape index (κ3) is 3.12. The van der Waals surface area contributed by atoms with E-state index in [1.165, 1.54) is 10.9 Å². The van der Waals surface area contributed by atoms with E-state index in [1.54, 1.807) is 34.9 Å².